The van der Waals surface area contributed by atoms with Crippen LogP contribution in [0.1, 0.15) is 29.0 Å². The fraction of sp³-hybridized carbons (Fsp3) is 0.259. The Balaban J connectivity index is 1.32. The molecule has 0 spiro atoms. The smallest absolute Gasteiger partial charge is 0.251 e. The van der Waals surface area contributed by atoms with Gasteiger partial charge in [0.2, 0.25) is 0 Å². The number of carbonyl (C=O) groups excluding carboxylic acids is 1. The maximum atomic E-state index is 12.4. The number of hydrogen-bond donors (Lipinski definition) is 1. The van der Waals surface area contributed by atoms with Crippen LogP contribution < -0.4 is 14.8 Å². The highest BCUT2D eigenvalue weighted by Crippen LogP contribution is 2.19. The Morgan fingerprint density at radius 2 is 1.79 bits per heavy atom. The zero-order valence-electron chi connectivity index (χ0n) is 19.2. The van der Waals surface area contributed by atoms with Crippen LogP contribution in [-0.4, -0.2) is 35.7 Å². The molecule has 1 amide bonds. The van der Waals surface area contributed by atoms with Crippen molar-refractivity contribution < 1.29 is 14.3 Å². The number of ether oxygens (including phenoxy) is 2. The SMILES string of the molecule is COc1ccc(OCCCCn2c(CCNC(=O)c3cccc(Cl)c3)nc3ccccc32)cc1. The van der Waals surface area contributed by atoms with Gasteiger partial charge in [0, 0.05) is 30.1 Å². The number of methoxy groups -OCH3 is 1. The molecule has 1 N–H and O–H groups in total. The maximum Gasteiger partial charge on any atom is 0.251 e. The summed E-state index contributed by atoms with van der Waals surface area (Å²) in [5.74, 6) is 2.48. The largest absolute Gasteiger partial charge is 0.497 e. The van der Waals surface area contributed by atoms with Crippen LogP contribution >= 0.6 is 11.6 Å². The van der Waals surface area contributed by atoms with E-state index in [1.54, 1.807) is 31.4 Å². The second-order valence-electron chi connectivity index (χ2n) is 7.92. The second-order valence-corrected chi connectivity index (χ2v) is 8.35. The second kappa shape index (κ2) is 11.6. The molecular weight excluding hydrogens is 450 g/mol. The van der Waals surface area contributed by atoms with E-state index in [0.29, 0.717) is 30.2 Å². The first-order valence-corrected chi connectivity index (χ1v) is 11.8. The molecule has 0 atom stereocenters. The van der Waals surface area contributed by atoms with Crippen molar-refractivity contribution in [1.29, 1.82) is 0 Å². The number of para-hydroxylation sites is 2. The lowest BCUT2D eigenvalue weighted by Crippen LogP contribution is -2.26. The molecule has 0 unspecified atom stereocenters. The Bertz CT molecular complexity index is 1240. The average Bonchev–Trinajstić information content (AvgIpc) is 3.21. The van der Waals surface area contributed by atoms with Crippen LogP contribution in [0.25, 0.3) is 11.0 Å². The van der Waals surface area contributed by atoms with Crippen molar-refractivity contribution in [3.8, 4) is 11.5 Å². The first-order valence-electron chi connectivity index (χ1n) is 11.4. The topological polar surface area (TPSA) is 65.4 Å². The molecule has 0 saturated carbocycles. The van der Waals surface area contributed by atoms with E-state index >= 15 is 0 Å². The first kappa shape index (κ1) is 23.6. The van der Waals surface area contributed by atoms with E-state index in [1.807, 2.05) is 42.5 Å². The van der Waals surface area contributed by atoms with E-state index in [0.717, 1.165) is 47.7 Å². The van der Waals surface area contributed by atoms with Gasteiger partial charge >= 0.3 is 0 Å². The van der Waals surface area contributed by atoms with E-state index in [4.69, 9.17) is 26.1 Å². The van der Waals surface area contributed by atoms with Crippen LogP contribution in [0.15, 0.2) is 72.8 Å². The molecule has 7 heteroatoms. The summed E-state index contributed by atoms with van der Waals surface area (Å²) in [5, 5.41) is 3.52. The summed E-state index contributed by atoms with van der Waals surface area (Å²) in [6.07, 6.45) is 2.52. The summed E-state index contributed by atoms with van der Waals surface area (Å²) < 4.78 is 13.3. The number of fused-ring (bicyclic) bond motifs is 1. The molecule has 0 aliphatic carbocycles. The number of nitrogens with one attached hydrogen (secondary N) is 1. The van der Waals surface area contributed by atoms with Crippen molar-refractivity contribution in [2.75, 3.05) is 20.3 Å². The predicted octanol–water partition coefficient (Wildman–Crippen LogP) is 5.53. The summed E-state index contributed by atoms with van der Waals surface area (Å²) in [7, 11) is 1.65. The Kier molecular flexibility index (Phi) is 8.04. The van der Waals surface area contributed by atoms with Gasteiger partial charge in [-0.1, -0.05) is 29.8 Å². The van der Waals surface area contributed by atoms with E-state index in [-0.39, 0.29) is 5.91 Å². The number of unbranched alkanes of at least 4 members (excludes halogenated alkanes) is 1. The van der Waals surface area contributed by atoms with E-state index in [9.17, 15) is 4.79 Å². The highest BCUT2D eigenvalue weighted by Gasteiger charge is 2.11. The first-order chi connectivity index (χ1) is 16.6. The van der Waals surface area contributed by atoms with E-state index in [1.165, 1.54) is 0 Å². The summed E-state index contributed by atoms with van der Waals surface area (Å²) in [4.78, 5) is 17.2. The van der Waals surface area contributed by atoms with Gasteiger partial charge in [-0.25, -0.2) is 4.98 Å². The molecular formula is C27H28ClN3O3. The minimum atomic E-state index is -0.138. The number of benzene rings is 3. The van der Waals surface area contributed by atoms with E-state index < -0.39 is 0 Å². The Morgan fingerprint density at radius 1 is 1.00 bits per heavy atom. The molecule has 1 heterocycles. The number of aromatic nitrogens is 2. The highest BCUT2D eigenvalue weighted by atomic mass is 35.5. The highest BCUT2D eigenvalue weighted by molar-refractivity contribution is 6.30. The lowest BCUT2D eigenvalue weighted by atomic mass is 10.2. The minimum absolute atomic E-state index is 0.138. The van der Waals surface area contributed by atoms with Crippen LogP contribution in [0.4, 0.5) is 0 Å². The van der Waals surface area contributed by atoms with Crippen molar-refractivity contribution >= 4 is 28.5 Å². The molecule has 176 valence electrons. The fourth-order valence-corrected chi connectivity index (χ4v) is 4.01. The molecule has 4 rings (SSSR count). The molecule has 1 aromatic heterocycles. The van der Waals surface area contributed by atoms with Crippen molar-refractivity contribution in [1.82, 2.24) is 14.9 Å². The van der Waals surface area contributed by atoms with E-state index in [2.05, 4.69) is 16.0 Å². The van der Waals surface area contributed by atoms with Gasteiger partial charge in [0.1, 0.15) is 17.3 Å². The zero-order valence-corrected chi connectivity index (χ0v) is 19.9. The molecule has 0 fully saturated rings. The van der Waals surface area contributed by atoms with Gasteiger partial charge in [-0.3, -0.25) is 4.79 Å². The molecule has 0 bridgehead atoms. The number of halogens is 1. The van der Waals surface area contributed by atoms with Crippen LogP contribution in [0.2, 0.25) is 5.02 Å². The van der Waals surface area contributed by atoms with Gasteiger partial charge in [0.05, 0.1) is 24.8 Å². The Hall–Kier alpha value is -3.51. The number of aryl methyl sites for hydroxylation is 1. The van der Waals surface area contributed by atoms with Gasteiger partial charge in [0.15, 0.2) is 0 Å². The third-order valence-electron chi connectivity index (χ3n) is 5.56. The molecule has 0 saturated heterocycles. The van der Waals surface area contributed by atoms with Gasteiger partial charge in [-0.05, 0) is 67.4 Å². The van der Waals surface area contributed by atoms with Crippen molar-refractivity contribution in [2.45, 2.75) is 25.8 Å². The molecule has 4 aromatic rings. The summed E-state index contributed by atoms with van der Waals surface area (Å²) in [6, 6.07) is 22.7. The van der Waals surface area contributed by atoms with Gasteiger partial charge < -0.3 is 19.4 Å². The monoisotopic (exact) mass is 477 g/mol. The van der Waals surface area contributed by atoms with Crippen LogP contribution in [0, 0.1) is 0 Å². The van der Waals surface area contributed by atoms with Crippen LogP contribution in [0.5, 0.6) is 11.5 Å². The Morgan fingerprint density at radius 3 is 2.59 bits per heavy atom. The zero-order chi connectivity index (χ0) is 23.8. The number of imidazole rings is 1. The maximum absolute atomic E-state index is 12.4. The molecule has 3 aromatic carbocycles. The lowest BCUT2D eigenvalue weighted by Gasteiger charge is -2.11. The fourth-order valence-electron chi connectivity index (χ4n) is 3.82. The number of nitrogens with zero attached hydrogens (tertiary/aromatic N) is 2. The molecule has 6 nitrogen and oxygen atoms in total. The Labute approximate surface area is 204 Å². The summed E-state index contributed by atoms with van der Waals surface area (Å²) in [6.45, 7) is 1.98. The lowest BCUT2D eigenvalue weighted by molar-refractivity contribution is 0.0954. The standard InChI is InChI=1S/C27H28ClN3O3/c1-33-22-11-13-23(14-12-22)34-18-5-4-17-31-25-10-3-2-9-24(25)30-26(31)15-16-29-27(32)20-7-6-8-21(28)19-20/h2-3,6-14,19H,4-5,15-18H2,1H3,(H,29,32). The number of hydrogen-bond acceptors (Lipinski definition) is 4. The number of carbonyl (C=O) groups is 1. The molecule has 34 heavy (non-hydrogen) atoms. The normalized spacial score (nSPS) is 10.9. The predicted molar refractivity (Wildman–Crippen MR) is 135 cm³/mol. The summed E-state index contributed by atoms with van der Waals surface area (Å²) in [5.41, 5.74) is 2.63. The molecule has 0 aliphatic rings. The summed E-state index contributed by atoms with van der Waals surface area (Å²) >= 11 is 6.00. The van der Waals surface area contributed by atoms with Crippen molar-refractivity contribution in [3.63, 3.8) is 0 Å². The van der Waals surface area contributed by atoms with Gasteiger partial charge in [0.25, 0.3) is 5.91 Å². The third-order valence-corrected chi connectivity index (χ3v) is 5.79. The van der Waals surface area contributed by atoms with Gasteiger partial charge in [-0.2, -0.15) is 0 Å². The van der Waals surface area contributed by atoms with Crippen molar-refractivity contribution in [2.24, 2.45) is 0 Å². The van der Waals surface area contributed by atoms with Crippen LogP contribution in [0.3, 0.4) is 0 Å². The average molecular weight is 478 g/mol. The molecule has 0 radical (unpaired) electrons. The number of amides is 1. The van der Waals surface area contributed by atoms with Crippen LogP contribution in [-0.2, 0) is 13.0 Å². The quantitative estimate of drug-likeness (QED) is 0.288. The molecule has 0 aliphatic heterocycles. The number of rotatable bonds is 11. The van der Waals surface area contributed by atoms with Crippen molar-refractivity contribution in [3.05, 3.63) is 89.2 Å². The minimum Gasteiger partial charge on any atom is -0.497 e. The van der Waals surface area contributed by atoms with Gasteiger partial charge in [-0.15, -0.1) is 0 Å². The third kappa shape index (κ3) is 6.08.